The zero-order chi connectivity index (χ0) is 11.4. The van der Waals surface area contributed by atoms with Crippen LogP contribution in [0.3, 0.4) is 0 Å². The normalized spacial score (nSPS) is 16.4. The summed E-state index contributed by atoms with van der Waals surface area (Å²) < 4.78 is 0. The van der Waals surface area contributed by atoms with E-state index in [-0.39, 0.29) is 5.91 Å². The van der Waals surface area contributed by atoms with Gasteiger partial charge in [-0.3, -0.25) is 9.89 Å². The number of thioether (sulfide) groups is 1. The van der Waals surface area contributed by atoms with E-state index in [4.69, 9.17) is 5.26 Å². The Morgan fingerprint density at radius 3 is 3.12 bits per heavy atom. The summed E-state index contributed by atoms with van der Waals surface area (Å²) >= 11 is 1.48. The minimum absolute atomic E-state index is 0.145. The van der Waals surface area contributed by atoms with Crippen LogP contribution in [0.1, 0.15) is 12.8 Å². The van der Waals surface area contributed by atoms with E-state index in [1.165, 1.54) is 18.1 Å². The van der Waals surface area contributed by atoms with Gasteiger partial charge in [0.05, 0.1) is 6.07 Å². The number of hydrogen-bond donors (Lipinski definition) is 2. The van der Waals surface area contributed by atoms with Gasteiger partial charge in [0.1, 0.15) is 11.7 Å². The predicted molar refractivity (Wildman–Crippen MR) is 57.4 cm³/mol. The first-order chi connectivity index (χ1) is 7.77. The van der Waals surface area contributed by atoms with Gasteiger partial charge in [-0.15, -0.1) is 0 Å². The molecule has 0 aliphatic heterocycles. The van der Waals surface area contributed by atoms with E-state index in [1.54, 1.807) is 0 Å². The van der Waals surface area contributed by atoms with Gasteiger partial charge in [0.25, 0.3) is 0 Å². The third-order valence-electron chi connectivity index (χ3n) is 2.42. The molecule has 0 aromatic carbocycles. The standard InChI is InChI=1S/C9H11N5OS/c10-5-9(1-2-9)7(15)11-3-4-16-8-12-6-13-14-8/h6H,1-4H2,(H,11,15)(H,12,13,14). The van der Waals surface area contributed by atoms with Crippen LogP contribution < -0.4 is 5.32 Å². The summed E-state index contributed by atoms with van der Waals surface area (Å²) in [6.45, 7) is 0.535. The Morgan fingerprint density at radius 2 is 2.56 bits per heavy atom. The van der Waals surface area contributed by atoms with Crippen LogP contribution >= 0.6 is 11.8 Å². The van der Waals surface area contributed by atoms with Crippen LogP contribution in [0.2, 0.25) is 0 Å². The zero-order valence-electron chi connectivity index (χ0n) is 8.56. The van der Waals surface area contributed by atoms with Crippen LogP contribution in [0.15, 0.2) is 11.5 Å². The summed E-state index contributed by atoms with van der Waals surface area (Å²) in [4.78, 5) is 15.5. The lowest BCUT2D eigenvalue weighted by molar-refractivity contribution is -0.124. The van der Waals surface area contributed by atoms with Crippen molar-refractivity contribution in [1.29, 1.82) is 5.26 Å². The Kier molecular flexibility index (Phi) is 3.10. The molecule has 0 unspecified atom stereocenters. The summed E-state index contributed by atoms with van der Waals surface area (Å²) in [5, 5.41) is 18.7. The van der Waals surface area contributed by atoms with Crippen LogP contribution in [-0.4, -0.2) is 33.4 Å². The molecule has 0 saturated heterocycles. The summed E-state index contributed by atoms with van der Waals surface area (Å²) in [5.41, 5.74) is -0.725. The molecule has 1 heterocycles. The number of amides is 1. The van der Waals surface area contributed by atoms with Gasteiger partial charge in [0.15, 0.2) is 5.16 Å². The predicted octanol–water partition coefficient (Wildman–Crippen LogP) is 0.317. The number of aromatic amines is 1. The first kappa shape index (κ1) is 11.0. The number of carbonyl (C=O) groups is 1. The van der Waals surface area contributed by atoms with Crippen molar-refractivity contribution in [1.82, 2.24) is 20.5 Å². The summed E-state index contributed by atoms with van der Waals surface area (Å²) in [7, 11) is 0. The molecule has 1 aliphatic rings. The smallest absolute Gasteiger partial charge is 0.240 e. The van der Waals surface area contributed by atoms with Crippen molar-refractivity contribution in [2.75, 3.05) is 12.3 Å². The van der Waals surface area contributed by atoms with Gasteiger partial charge in [0.2, 0.25) is 5.91 Å². The SMILES string of the molecule is N#CC1(C(=O)NCCSc2ncn[nH]2)CC1. The largest absolute Gasteiger partial charge is 0.354 e. The van der Waals surface area contributed by atoms with Crippen LogP contribution in [0, 0.1) is 16.7 Å². The third-order valence-corrected chi connectivity index (χ3v) is 3.30. The van der Waals surface area contributed by atoms with Gasteiger partial charge >= 0.3 is 0 Å². The van der Waals surface area contributed by atoms with E-state index >= 15 is 0 Å². The molecule has 2 rings (SSSR count). The Bertz CT molecular complexity index is 406. The maximum atomic E-state index is 11.5. The van der Waals surface area contributed by atoms with E-state index in [2.05, 4.69) is 26.6 Å². The number of carbonyl (C=O) groups excluding carboxylic acids is 1. The fourth-order valence-corrected chi connectivity index (χ4v) is 1.90. The van der Waals surface area contributed by atoms with Crippen molar-refractivity contribution in [3.63, 3.8) is 0 Å². The number of hydrogen-bond acceptors (Lipinski definition) is 5. The zero-order valence-corrected chi connectivity index (χ0v) is 9.38. The molecule has 1 amide bonds. The van der Waals surface area contributed by atoms with Gasteiger partial charge in [-0.25, -0.2) is 4.98 Å². The van der Waals surface area contributed by atoms with Crippen LogP contribution in [0.25, 0.3) is 0 Å². The van der Waals surface area contributed by atoms with Gasteiger partial charge in [0, 0.05) is 12.3 Å². The number of rotatable bonds is 5. The van der Waals surface area contributed by atoms with Crippen LogP contribution in [-0.2, 0) is 4.79 Å². The molecule has 0 bridgehead atoms. The maximum absolute atomic E-state index is 11.5. The van der Waals surface area contributed by atoms with E-state index in [0.717, 1.165) is 5.16 Å². The molecular formula is C9H11N5OS. The number of nitrogens with zero attached hydrogens (tertiary/aromatic N) is 3. The van der Waals surface area contributed by atoms with Gasteiger partial charge in [-0.1, -0.05) is 11.8 Å². The Hall–Kier alpha value is -1.55. The van der Waals surface area contributed by atoms with E-state index in [9.17, 15) is 4.79 Å². The monoisotopic (exact) mass is 237 g/mol. The highest BCUT2D eigenvalue weighted by Gasteiger charge is 2.50. The molecule has 1 aromatic rings. The Labute approximate surface area is 96.8 Å². The Morgan fingerprint density at radius 1 is 1.75 bits per heavy atom. The fourth-order valence-electron chi connectivity index (χ4n) is 1.26. The van der Waals surface area contributed by atoms with E-state index < -0.39 is 5.41 Å². The lowest BCUT2D eigenvalue weighted by atomic mass is 10.1. The molecular weight excluding hydrogens is 226 g/mol. The number of H-pyrrole nitrogens is 1. The van der Waals surface area contributed by atoms with Gasteiger partial charge in [-0.05, 0) is 12.8 Å². The average Bonchev–Trinajstić information content (AvgIpc) is 2.94. The molecule has 6 nitrogen and oxygen atoms in total. The lowest BCUT2D eigenvalue weighted by Gasteiger charge is -2.06. The van der Waals surface area contributed by atoms with E-state index in [1.807, 2.05) is 0 Å². The second-order valence-corrected chi connectivity index (χ2v) is 4.67. The van der Waals surface area contributed by atoms with Crippen molar-refractivity contribution < 1.29 is 4.79 Å². The topological polar surface area (TPSA) is 94.5 Å². The highest BCUT2D eigenvalue weighted by atomic mass is 32.2. The minimum atomic E-state index is -0.725. The van der Waals surface area contributed by atoms with Gasteiger partial charge < -0.3 is 5.32 Å². The second kappa shape index (κ2) is 4.53. The molecule has 0 radical (unpaired) electrons. The maximum Gasteiger partial charge on any atom is 0.240 e. The molecule has 1 saturated carbocycles. The summed E-state index contributed by atoms with van der Waals surface area (Å²) in [6, 6.07) is 2.06. The van der Waals surface area contributed by atoms with E-state index in [0.29, 0.717) is 25.1 Å². The first-order valence-electron chi connectivity index (χ1n) is 4.94. The molecule has 1 aliphatic carbocycles. The lowest BCUT2D eigenvalue weighted by Crippen LogP contribution is -2.32. The molecule has 2 N–H and O–H groups in total. The summed E-state index contributed by atoms with van der Waals surface area (Å²) in [5.74, 6) is 0.566. The van der Waals surface area contributed by atoms with Crippen LogP contribution in [0.5, 0.6) is 0 Å². The van der Waals surface area contributed by atoms with Crippen molar-refractivity contribution >= 4 is 17.7 Å². The molecule has 84 valence electrons. The summed E-state index contributed by atoms with van der Waals surface area (Å²) in [6.07, 6.45) is 2.81. The molecule has 7 heteroatoms. The van der Waals surface area contributed by atoms with Crippen molar-refractivity contribution in [3.05, 3.63) is 6.33 Å². The number of aromatic nitrogens is 3. The quantitative estimate of drug-likeness (QED) is 0.568. The van der Waals surface area contributed by atoms with Crippen LogP contribution in [0.4, 0.5) is 0 Å². The van der Waals surface area contributed by atoms with Gasteiger partial charge in [-0.2, -0.15) is 10.4 Å². The third kappa shape index (κ3) is 2.33. The molecule has 0 atom stereocenters. The van der Waals surface area contributed by atoms with Crippen molar-refractivity contribution in [3.8, 4) is 6.07 Å². The second-order valence-electron chi connectivity index (χ2n) is 3.59. The molecule has 16 heavy (non-hydrogen) atoms. The fraction of sp³-hybridized carbons (Fsp3) is 0.556. The average molecular weight is 237 g/mol. The molecule has 1 fully saturated rings. The first-order valence-corrected chi connectivity index (χ1v) is 5.93. The number of nitriles is 1. The number of nitrogens with one attached hydrogen (secondary N) is 2. The van der Waals surface area contributed by atoms with Crippen molar-refractivity contribution in [2.24, 2.45) is 5.41 Å². The highest BCUT2D eigenvalue weighted by Crippen LogP contribution is 2.44. The minimum Gasteiger partial charge on any atom is -0.354 e. The Balaban J connectivity index is 1.66. The van der Waals surface area contributed by atoms with Crippen molar-refractivity contribution in [2.45, 2.75) is 18.0 Å². The molecule has 1 aromatic heterocycles. The highest BCUT2D eigenvalue weighted by molar-refractivity contribution is 7.99. The molecule has 0 spiro atoms.